The number of hydrogen-bond donors (Lipinski definition) is 1. The number of carbonyl (C=O) groups is 1. The number of amides is 1. The van der Waals surface area contributed by atoms with Crippen molar-refractivity contribution in [3.8, 4) is 0 Å². The van der Waals surface area contributed by atoms with Crippen LogP contribution in [0.4, 0.5) is 22.0 Å². The van der Waals surface area contributed by atoms with Gasteiger partial charge in [-0.2, -0.15) is 18.3 Å². The first-order valence-electron chi connectivity index (χ1n) is 10.2. The Morgan fingerprint density at radius 2 is 1.74 bits per heavy atom. The van der Waals surface area contributed by atoms with Gasteiger partial charge in [-0.1, -0.05) is 30.3 Å². The second-order valence-corrected chi connectivity index (χ2v) is 8.03. The molecule has 10 heteroatoms. The number of nitrogens with zero attached hydrogens (tertiary/aromatic N) is 3. The third kappa shape index (κ3) is 3.93. The van der Waals surface area contributed by atoms with E-state index in [4.69, 9.17) is 5.11 Å². The first-order chi connectivity index (χ1) is 14.7. The molecule has 4 rings (SSSR count). The molecule has 2 bridgehead atoms. The molecule has 0 saturated carbocycles. The van der Waals surface area contributed by atoms with Crippen molar-refractivity contribution < 1.29 is 31.9 Å². The zero-order valence-electron chi connectivity index (χ0n) is 16.5. The lowest BCUT2D eigenvalue weighted by molar-refractivity contribution is -0.142. The molecule has 2 fully saturated rings. The maximum Gasteiger partial charge on any atom is 0.435 e. The average Bonchev–Trinajstić information content (AvgIpc) is 3.23. The predicted molar refractivity (Wildman–Crippen MR) is 101 cm³/mol. The van der Waals surface area contributed by atoms with Crippen molar-refractivity contribution in [2.45, 2.75) is 62.8 Å². The summed E-state index contributed by atoms with van der Waals surface area (Å²) in [5.74, 6) is -0.887. The molecule has 2 aliphatic heterocycles. The Hall–Kier alpha value is -2.49. The van der Waals surface area contributed by atoms with Gasteiger partial charge in [-0.15, -0.1) is 0 Å². The summed E-state index contributed by atoms with van der Waals surface area (Å²) in [5, 5.41) is 12.3. The summed E-state index contributed by atoms with van der Waals surface area (Å²) in [6, 6.07) is 9.05. The second-order valence-electron chi connectivity index (χ2n) is 8.03. The van der Waals surface area contributed by atoms with Gasteiger partial charge in [0.25, 0.3) is 12.3 Å². The lowest BCUT2D eigenvalue weighted by Crippen LogP contribution is -2.46. The Balaban J connectivity index is 1.70. The van der Waals surface area contributed by atoms with Crippen molar-refractivity contribution in [1.82, 2.24) is 14.7 Å². The Morgan fingerprint density at radius 1 is 1.13 bits per heavy atom. The topological polar surface area (TPSA) is 58.4 Å². The van der Waals surface area contributed by atoms with Crippen molar-refractivity contribution in [2.24, 2.45) is 0 Å². The van der Waals surface area contributed by atoms with Crippen molar-refractivity contribution in [3.63, 3.8) is 0 Å². The predicted octanol–water partition coefficient (Wildman–Crippen LogP) is 4.38. The summed E-state index contributed by atoms with van der Waals surface area (Å²) in [6.07, 6.45) is -6.03. The van der Waals surface area contributed by atoms with Gasteiger partial charge in [0.1, 0.15) is 5.69 Å². The third-order valence-corrected chi connectivity index (χ3v) is 6.23. The van der Waals surface area contributed by atoms with Crippen LogP contribution in [0, 0.1) is 0 Å². The van der Waals surface area contributed by atoms with Crippen molar-refractivity contribution in [3.05, 3.63) is 52.8 Å². The normalized spacial score (nSPS) is 23.6. The fourth-order valence-electron chi connectivity index (χ4n) is 5.01. The third-order valence-electron chi connectivity index (χ3n) is 6.23. The molecule has 2 aliphatic rings. The number of rotatable bonds is 5. The van der Waals surface area contributed by atoms with Gasteiger partial charge in [0.15, 0.2) is 5.69 Å². The van der Waals surface area contributed by atoms with Gasteiger partial charge >= 0.3 is 6.18 Å². The number of carbonyl (C=O) groups excluding carboxylic acids is 1. The smallest absolute Gasteiger partial charge is 0.394 e. The van der Waals surface area contributed by atoms with E-state index >= 15 is 0 Å². The van der Waals surface area contributed by atoms with Crippen LogP contribution in [0.5, 0.6) is 0 Å². The molecule has 2 saturated heterocycles. The van der Waals surface area contributed by atoms with Crippen LogP contribution in [0.25, 0.3) is 0 Å². The zero-order chi connectivity index (χ0) is 22.3. The Kier molecular flexibility index (Phi) is 5.76. The summed E-state index contributed by atoms with van der Waals surface area (Å²) < 4.78 is 68.7. The summed E-state index contributed by atoms with van der Waals surface area (Å²) in [6.45, 7) is -1.24. The average molecular weight is 443 g/mol. The van der Waals surface area contributed by atoms with Gasteiger partial charge in [-0.3, -0.25) is 9.48 Å². The summed E-state index contributed by atoms with van der Waals surface area (Å²) in [4.78, 5) is 14.7. The highest BCUT2D eigenvalue weighted by Gasteiger charge is 2.49. The van der Waals surface area contributed by atoms with Gasteiger partial charge < -0.3 is 10.0 Å². The molecule has 0 spiro atoms. The van der Waals surface area contributed by atoms with Gasteiger partial charge in [-0.25, -0.2) is 8.78 Å². The van der Waals surface area contributed by atoms with E-state index in [0.29, 0.717) is 30.4 Å². The van der Waals surface area contributed by atoms with Crippen LogP contribution in [0.2, 0.25) is 0 Å². The van der Waals surface area contributed by atoms with Crippen molar-refractivity contribution in [2.75, 3.05) is 6.61 Å². The van der Waals surface area contributed by atoms with E-state index in [-0.39, 0.29) is 18.0 Å². The Morgan fingerprint density at radius 3 is 2.26 bits per heavy atom. The largest absolute Gasteiger partial charge is 0.435 e. The van der Waals surface area contributed by atoms with Crippen LogP contribution in [0.1, 0.15) is 65.3 Å². The minimum Gasteiger partial charge on any atom is -0.394 e. The minimum atomic E-state index is -5.07. The van der Waals surface area contributed by atoms with E-state index in [0.717, 1.165) is 5.56 Å². The van der Waals surface area contributed by atoms with Crippen molar-refractivity contribution >= 4 is 5.91 Å². The fourth-order valence-corrected chi connectivity index (χ4v) is 5.01. The number of benzene rings is 1. The molecule has 1 amide bonds. The van der Waals surface area contributed by atoms with E-state index in [1.807, 2.05) is 30.3 Å². The maximum atomic E-state index is 13.8. The molecular weight excluding hydrogens is 421 g/mol. The standard InChI is InChI=1S/C21H22F5N3O2/c22-19(23)17-16(18(21(24,25)26)27-28(17)8-9-30)20(31)29-14-6-7-15(29)11-13(10-14)12-4-2-1-3-5-12/h1-5,13-15,19,30H,6-11H2/t13?,14-,15+. The molecule has 1 unspecified atom stereocenters. The van der Waals surface area contributed by atoms with Gasteiger partial charge in [0, 0.05) is 12.1 Å². The van der Waals surface area contributed by atoms with E-state index in [2.05, 4.69) is 5.10 Å². The van der Waals surface area contributed by atoms with E-state index in [9.17, 15) is 26.7 Å². The number of halogens is 5. The molecule has 0 aliphatic carbocycles. The SMILES string of the molecule is O=C(c1c(C(F)(F)F)nn(CCO)c1C(F)F)N1[C@@H]2CC[C@H]1CC(c1ccccc1)C2. The van der Waals surface area contributed by atoms with Gasteiger partial charge in [0.05, 0.1) is 18.7 Å². The highest BCUT2D eigenvalue weighted by atomic mass is 19.4. The minimum absolute atomic E-state index is 0.163. The summed E-state index contributed by atoms with van der Waals surface area (Å²) in [5.41, 5.74) is -2.70. The van der Waals surface area contributed by atoms with Gasteiger partial charge in [-0.05, 0) is 37.2 Å². The number of piperidine rings is 1. The number of fused-ring (bicyclic) bond motifs is 2. The molecule has 3 atom stereocenters. The van der Waals surface area contributed by atoms with E-state index in [1.165, 1.54) is 4.90 Å². The quantitative estimate of drug-likeness (QED) is 0.698. The molecule has 1 N–H and O–H groups in total. The molecular formula is C21H22F5N3O2. The molecule has 0 radical (unpaired) electrons. The van der Waals surface area contributed by atoms with Crippen LogP contribution in [-0.2, 0) is 12.7 Å². The van der Waals surface area contributed by atoms with Gasteiger partial charge in [0.2, 0.25) is 0 Å². The molecule has 1 aromatic carbocycles. The van der Waals surface area contributed by atoms with Crippen LogP contribution in [0.15, 0.2) is 30.3 Å². The zero-order valence-corrected chi connectivity index (χ0v) is 16.5. The molecule has 31 heavy (non-hydrogen) atoms. The summed E-state index contributed by atoms with van der Waals surface area (Å²) >= 11 is 0. The number of aliphatic hydroxyl groups is 1. The molecule has 3 heterocycles. The lowest BCUT2D eigenvalue weighted by Gasteiger charge is -2.39. The monoisotopic (exact) mass is 443 g/mol. The van der Waals surface area contributed by atoms with Crippen LogP contribution < -0.4 is 0 Å². The van der Waals surface area contributed by atoms with Crippen LogP contribution >= 0.6 is 0 Å². The first-order valence-corrected chi connectivity index (χ1v) is 10.2. The fraction of sp³-hybridized carbons (Fsp3) is 0.524. The molecule has 2 aromatic rings. The molecule has 5 nitrogen and oxygen atoms in total. The number of alkyl halides is 5. The highest BCUT2D eigenvalue weighted by molar-refractivity contribution is 5.97. The first kappa shape index (κ1) is 21.7. The number of aliphatic hydroxyl groups excluding tert-OH is 1. The lowest BCUT2D eigenvalue weighted by atomic mass is 9.84. The number of aromatic nitrogens is 2. The Bertz CT molecular complexity index is 930. The van der Waals surface area contributed by atoms with E-state index in [1.54, 1.807) is 0 Å². The van der Waals surface area contributed by atoms with Crippen LogP contribution in [0.3, 0.4) is 0 Å². The number of hydrogen-bond acceptors (Lipinski definition) is 3. The highest BCUT2D eigenvalue weighted by Crippen LogP contribution is 2.45. The molecule has 168 valence electrons. The van der Waals surface area contributed by atoms with Crippen molar-refractivity contribution in [1.29, 1.82) is 0 Å². The Labute approximate surface area is 175 Å². The van der Waals surface area contributed by atoms with Crippen LogP contribution in [-0.4, -0.2) is 44.4 Å². The maximum absolute atomic E-state index is 13.8. The second kappa shape index (κ2) is 8.22. The summed E-state index contributed by atoms with van der Waals surface area (Å²) in [7, 11) is 0. The molecule has 1 aromatic heterocycles. The van der Waals surface area contributed by atoms with E-state index < -0.39 is 48.6 Å².